The number of halogens is 1. The van der Waals surface area contributed by atoms with Crippen molar-refractivity contribution in [2.24, 2.45) is 0 Å². The van der Waals surface area contributed by atoms with Crippen LogP contribution in [-0.2, 0) is 9.59 Å². The molecule has 1 amide bonds. The number of rotatable bonds is 6. The lowest BCUT2D eigenvalue weighted by Gasteiger charge is -2.24. The predicted molar refractivity (Wildman–Crippen MR) is 108 cm³/mol. The molecule has 28 heavy (non-hydrogen) atoms. The summed E-state index contributed by atoms with van der Waals surface area (Å²) in [6.07, 6.45) is 0. The third-order valence-corrected chi connectivity index (χ3v) is 5.03. The van der Waals surface area contributed by atoms with Crippen LogP contribution >= 0.6 is 15.9 Å². The molecule has 7 heteroatoms. The molecule has 6 nitrogen and oxygen atoms in total. The van der Waals surface area contributed by atoms with Crippen LogP contribution in [0.1, 0.15) is 24.1 Å². The molecule has 1 unspecified atom stereocenters. The van der Waals surface area contributed by atoms with Gasteiger partial charge in [0.2, 0.25) is 0 Å². The number of carbonyl (C=O) groups is 2. The Morgan fingerprint density at radius 2 is 1.75 bits per heavy atom. The Morgan fingerprint density at radius 3 is 2.32 bits per heavy atom. The van der Waals surface area contributed by atoms with Crippen molar-refractivity contribution < 1.29 is 24.5 Å². The molecule has 0 spiro atoms. The fraction of sp³-hybridized carbons (Fsp3) is 0.238. The first kappa shape index (κ1) is 20.1. The molecule has 2 N–H and O–H groups in total. The fourth-order valence-corrected chi connectivity index (χ4v) is 3.51. The average molecular weight is 446 g/mol. The van der Waals surface area contributed by atoms with Gasteiger partial charge in [-0.15, -0.1) is 0 Å². The number of aliphatic hydroxyl groups is 2. The van der Waals surface area contributed by atoms with Gasteiger partial charge in [0.15, 0.2) is 0 Å². The number of likely N-dealkylation sites (tertiary alicyclic amines) is 1. The first-order valence-electron chi connectivity index (χ1n) is 8.86. The molecule has 1 atom stereocenters. The van der Waals surface area contributed by atoms with E-state index in [2.05, 4.69) is 15.9 Å². The Balaban J connectivity index is 2.11. The minimum Gasteiger partial charge on any atom is -0.507 e. The molecule has 1 heterocycles. The summed E-state index contributed by atoms with van der Waals surface area (Å²) < 4.78 is 6.27. The van der Waals surface area contributed by atoms with Gasteiger partial charge in [0.25, 0.3) is 11.7 Å². The number of Topliss-reactive ketones (excluding diaryl/α,β-unsaturated/α-hetero) is 1. The van der Waals surface area contributed by atoms with Crippen molar-refractivity contribution >= 4 is 33.4 Å². The molecular formula is C21H20BrNO5. The Hall–Kier alpha value is -2.64. The number of hydrogen-bond acceptors (Lipinski definition) is 5. The third-order valence-electron chi connectivity index (χ3n) is 4.51. The maximum Gasteiger partial charge on any atom is 0.295 e. The zero-order valence-corrected chi connectivity index (χ0v) is 16.8. The fourth-order valence-electron chi connectivity index (χ4n) is 3.24. The average Bonchev–Trinajstić information content (AvgIpc) is 2.94. The largest absolute Gasteiger partial charge is 0.507 e. The van der Waals surface area contributed by atoms with Crippen LogP contribution in [0.15, 0.2) is 58.6 Å². The summed E-state index contributed by atoms with van der Waals surface area (Å²) in [5.74, 6) is -1.09. The molecule has 1 aliphatic heterocycles. The molecule has 2 aromatic rings. The van der Waals surface area contributed by atoms with Crippen molar-refractivity contribution in [3.63, 3.8) is 0 Å². The van der Waals surface area contributed by atoms with E-state index in [0.29, 0.717) is 23.5 Å². The second-order valence-corrected chi connectivity index (χ2v) is 7.14. The molecule has 0 bridgehead atoms. The maximum atomic E-state index is 12.7. The highest BCUT2D eigenvalue weighted by atomic mass is 79.9. The standard InChI is InChI=1S/C21H20BrNO5/c1-2-28-16-9-5-13(6-10-16)18-17(20(26)21(27)23(18)11-12-24)19(25)14-3-7-15(22)8-4-14/h3-10,18,24-25H,2,11-12H2,1H3/b19-17-. The molecular weight excluding hydrogens is 426 g/mol. The third kappa shape index (κ3) is 3.81. The van der Waals surface area contributed by atoms with Gasteiger partial charge in [0.05, 0.1) is 24.8 Å². The first-order chi connectivity index (χ1) is 13.5. The van der Waals surface area contributed by atoms with Crippen molar-refractivity contribution in [2.75, 3.05) is 19.8 Å². The Labute approximate surface area is 171 Å². The van der Waals surface area contributed by atoms with E-state index < -0.39 is 17.7 Å². The van der Waals surface area contributed by atoms with E-state index in [1.807, 2.05) is 6.92 Å². The van der Waals surface area contributed by atoms with Gasteiger partial charge in [-0.25, -0.2) is 0 Å². The monoisotopic (exact) mass is 445 g/mol. The lowest BCUT2D eigenvalue weighted by atomic mass is 9.95. The summed E-state index contributed by atoms with van der Waals surface area (Å²) in [5.41, 5.74) is 1.08. The van der Waals surface area contributed by atoms with Crippen molar-refractivity contribution in [3.8, 4) is 5.75 Å². The molecule has 3 rings (SSSR count). The van der Waals surface area contributed by atoms with Gasteiger partial charge < -0.3 is 19.8 Å². The zero-order chi connectivity index (χ0) is 20.3. The highest BCUT2D eigenvalue weighted by molar-refractivity contribution is 9.10. The van der Waals surface area contributed by atoms with Crippen LogP contribution < -0.4 is 4.74 Å². The Bertz CT molecular complexity index is 905. The van der Waals surface area contributed by atoms with E-state index in [-0.39, 0.29) is 24.5 Å². The van der Waals surface area contributed by atoms with Gasteiger partial charge in [0.1, 0.15) is 11.5 Å². The highest BCUT2D eigenvalue weighted by Crippen LogP contribution is 2.39. The second kappa shape index (κ2) is 8.58. The first-order valence-corrected chi connectivity index (χ1v) is 9.65. The number of amides is 1. The van der Waals surface area contributed by atoms with Crippen LogP contribution in [-0.4, -0.2) is 46.6 Å². The van der Waals surface area contributed by atoms with E-state index in [1.54, 1.807) is 48.5 Å². The lowest BCUT2D eigenvalue weighted by molar-refractivity contribution is -0.140. The van der Waals surface area contributed by atoms with Crippen LogP contribution in [0.5, 0.6) is 5.75 Å². The summed E-state index contributed by atoms with van der Waals surface area (Å²) in [5, 5.41) is 20.2. The molecule has 0 radical (unpaired) electrons. The topological polar surface area (TPSA) is 87.1 Å². The van der Waals surface area contributed by atoms with Gasteiger partial charge in [-0.1, -0.05) is 40.2 Å². The van der Waals surface area contributed by atoms with Crippen molar-refractivity contribution in [1.29, 1.82) is 0 Å². The Kier molecular flexibility index (Phi) is 6.16. The summed E-state index contributed by atoms with van der Waals surface area (Å²) in [7, 11) is 0. The van der Waals surface area contributed by atoms with Gasteiger partial charge in [-0.3, -0.25) is 9.59 Å². The quantitative estimate of drug-likeness (QED) is 0.404. The minimum atomic E-state index is -0.786. The number of benzene rings is 2. The maximum absolute atomic E-state index is 12.7. The summed E-state index contributed by atoms with van der Waals surface area (Å²) in [6.45, 7) is 2.09. The molecule has 0 aromatic heterocycles. The number of hydrogen-bond donors (Lipinski definition) is 2. The van der Waals surface area contributed by atoms with Crippen LogP contribution in [0.25, 0.3) is 5.76 Å². The number of nitrogens with zero attached hydrogens (tertiary/aromatic N) is 1. The van der Waals surface area contributed by atoms with Crippen LogP contribution in [0.2, 0.25) is 0 Å². The van der Waals surface area contributed by atoms with Crippen LogP contribution in [0, 0.1) is 0 Å². The number of aliphatic hydroxyl groups excluding tert-OH is 2. The molecule has 1 saturated heterocycles. The molecule has 2 aromatic carbocycles. The van der Waals surface area contributed by atoms with E-state index in [0.717, 1.165) is 4.47 Å². The molecule has 1 aliphatic rings. The molecule has 0 saturated carbocycles. The van der Waals surface area contributed by atoms with Gasteiger partial charge >= 0.3 is 0 Å². The zero-order valence-electron chi connectivity index (χ0n) is 15.3. The number of ketones is 1. The van der Waals surface area contributed by atoms with Gasteiger partial charge in [-0.2, -0.15) is 0 Å². The van der Waals surface area contributed by atoms with Crippen LogP contribution in [0.4, 0.5) is 0 Å². The van der Waals surface area contributed by atoms with E-state index in [1.165, 1.54) is 4.90 Å². The summed E-state index contributed by atoms with van der Waals surface area (Å²) in [4.78, 5) is 26.5. The summed E-state index contributed by atoms with van der Waals surface area (Å²) in [6, 6.07) is 13.0. The number of ether oxygens (including phenoxy) is 1. The van der Waals surface area contributed by atoms with E-state index in [9.17, 15) is 19.8 Å². The Morgan fingerprint density at radius 1 is 1.11 bits per heavy atom. The van der Waals surface area contributed by atoms with Gasteiger partial charge in [-0.05, 0) is 36.8 Å². The number of β-amino-alcohol motifs (C(OH)–C–C–N with tert-alkyl or cyclic N) is 1. The lowest BCUT2D eigenvalue weighted by Crippen LogP contribution is -2.32. The minimum absolute atomic E-state index is 0.00457. The summed E-state index contributed by atoms with van der Waals surface area (Å²) >= 11 is 3.33. The number of carbonyl (C=O) groups excluding carboxylic acids is 2. The van der Waals surface area contributed by atoms with E-state index >= 15 is 0 Å². The van der Waals surface area contributed by atoms with Crippen molar-refractivity contribution in [2.45, 2.75) is 13.0 Å². The SMILES string of the molecule is CCOc1ccc(C2/C(=C(/O)c3ccc(Br)cc3)C(=O)C(=O)N2CCO)cc1. The predicted octanol–water partition coefficient (Wildman–Crippen LogP) is 3.26. The molecule has 0 aliphatic carbocycles. The highest BCUT2D eigenvalue weighted by Gasteiger charge is 2.45. The normalized spacial score (nSPS) is 18.5. The second-order valence-electron chi connectivity index (χ2n) is 6.23. The molecule has 146 valence electrons. The van der Waals surface area contributed by atoms with Gasteiger partial charge in [0, 0.05) is 16.6 Å². The molecule has 1 fully saturated rings. The van der Waals surface area contributed by atoms with Crippen LogP contribution in [0.3, 0.4) is 0 Å². The van der Waals surface area contributed by atoms with E-state index in [4.69, 9.17) is 4.74 Å². The van der Waals surface area contributed by atoms with Crippen molar-refractivity contribution in [3.05, 3.63) is 69.7 Å². The smallest absolute Gasteiger partial charge is 0.295 e. The van der Waals surface area contributed by atoms with Crippen molar-refractivity contribution in [1.82, 2.24) is 4.90 Å².